The lowest BCUT2D eigenvalue weighted by Gasteiger charge is -2.06. The predicted octanol–water partition coefficient (Wildman–Crippen LogP) is -0.601. The summed E-state index contributed by atoms with van der Waals surface area (Å²) in [5.74, 6) is -0.833. The molecule has 0 saturated heterocycles. The normalized spacial score (nSPS) is 10.3. The van der Waals surface area contributed by atoms with Crippen LogP contribution in [0.3, 0.4) is 0 Å². The zero-order chi connectivity index (χ0) is 15.1. The van der Waals surface area contributed by atoms with Crippen molar-refractivity contribution in [1.29, 1.82) is 0 Å². The van der Waals surface area contributed by atoms with E-state index >= 15 is 0 Å². The molecule has 8 nitrogen and oxygen atoms in total. The van der Waals surface area contributed by atoms with E-state index in [4.69, 9.17) is 18.9 Å². The largest absolute Gasteiger partial charge is 0.467 e. The summed E-state index contributed by atoms with van der Waals surface area (Å²) in [6.45, 7) is 2.06. The van der Waals surface area contributed by atoms with E-state index in [1.54, 1.807) is 0 Å². The minimum absolute atomic E-state index is 0.0755. The van der Waals surface area contributed by atoms with Gasteiger partial charge in [0.25, 0.3) is 0 Å². The molecule has 8 heteroatoms. The maximum atomic E-state index is 10.7. The van der Waals surface area contributed by atoms with Gasteiger partial charge in [-0.05, 0) is 0 Å². The quantitative estimate of drug-likeness (QED) is 0.328. The van der Waals surface area contributed by atoms with Gasteiger partial charge in [0.2, 0.25) is 0 Å². The summed E-state index contributed by atoms with van der Waals surface area (Å²) in [5.41, 5.74) is 0. The Balaban J connectivity index is 3.06. The van der Waals surface area contributed by atoms with Crippen molar-refractivity contribution in [2.45, 2.75) is 0 Å². The highest BCUT2D eigenvalue weighted by atomic mass is 16.6. The number of ether oxygens (including phenoxy) is 6. The highest BCUT2D eigenvalue weighted by Crippen LogP contribution is 1.84. The van der Waals surface area contributed by atoms with E-state index in [2.05, 4.69) is 9.47 Å². The summed E-state index contributed by atoms with van der Waals surface area (Å²) in [5, 5.41) is 0. The molecule has 20 heavy (non-hydrogen) atoms. The summed E-state index contributed by atoms with van der Waals surface area (Å²) < 4.78 is 29.1. The highest BCUT2D eigenvalue weighted by molar-refractivity contribution is 5.70. The van der Waals surface area contributed by atoms with E-state index in [0.29, 0.717) is 39.6 Å². The Kier molecular flexibility index (Phi) is 13.3. The number of methoxy groups -OCH3 is 2. The van der Waals surface area contributed by atoms with E-state index in [9.17, 15) is 9.59 Å². The lowest BCUT2D eigenvalue weighted by atomic mass is 10.6. The second kappa shape index (κ2) is 14.2. The molecule has 118 valence electrons. The minimum atomic E-state index is -0.416. The average molecular weight is 294 g/mol. The van der Waals surface area contributed by atoms with Crippen LogP contribution < -0.4 is 0 Å². The number of carbonyl (C=O) groups is 2. The molecule has 0 aromatic heterocycles. The van der Waals surface area contributed by atoms with Crippen LogP contribution in [-0.4, -0.2) is 79.0 Å². The summed E-state index contributed by atoms with van der Waals surface area (Å²) in [6, 6.07) is 0. The van der Waals surface area contributed by atoms with Gasteiger partial charge in [-0.2, -0.15) is 0 Å². The van der Waals surface area contributed by atoms with Crippen molar-refractivity contribution in [2.75, 3.05) is 67.1 Å². The molecule has 0 aliphatic rings. The zero-order valence-electron chi connectivity index (χ0n) is 11.9. The van der Waals surface area contributed by atoms with Gasteiger partial charge in [-0.3, -0.25) is 0 Å². The Hall–Kier alpha value is -1.22. The molecule has 0 heterocycles. The minimum Gasteiger partial charge on any atom is -0.467 e. The topological polar surface area (TPSA) is 89.5 Å². The zero-order valence-corrected chi connectivity index (χ0v) is 11.9. The molecule has 0 amide bonds. The first-order valence-electron chi connectivity index (χ1n) is 6.15. The van der Waals surface area contributed by atoms with E-state index in [-0.39, 0.29) is 13.2 Å². The number of hydrogen-bond donors (Lipinski definition) is 0. The van der Waals surface area contributed by atoms with Crippen molar-refractivity contribution in [2.24, 2.45) is 0 Å². The average Bonchev–Trinajstić information content (AvgIpc) is 2.47. The van der Waals surface area contributed by atoms with Gasteiger partial charge in [0, 0.05) is 0 Å². The number of rotatable bonds is 13. The van der Waals surface area contributed by atoms with Crippen LogP contribution in [0.1, 0.15) is 0 Å². The molecular weight excluding hydrogens is 272 g/mol. The molecule has 0 spiro atoms. The third-order valence-corrected chi connectivity index (χ3v) is 2.01. The highest BCUT2D eigenvalue weighted by Gasteiger charge is 2.00. The first-order chi connectivity index (χ1) is 9.70. The molecule has 0 N–H and O–H groups in total. The summed E-state index contributed by atoms with van der Waals surface area (Å²) in [6.07, 6.45) is 0. The van der Waals surface area contributed by atoms with Gasteiger partial charge in [-0.1, -0.05) is 0 Å². The summed E-state index contributed by atoms with van der Waals surface area (Å²) >= 11 is 0. The predicted molar refractivity (Wildman–Crippen MR) is 67.3 cm³/mol. The molecule has 0 fully saturated rings. The Morgan fingerprint density at radius 3 is 1.20 bits per heavy atom. The molecule has 0 rings (SSSR count). The standard InChI is InChI=1S/C12H22O8/c1-15-11(13)9-19-7-5-17-3-4-18-6-8-20-10-12(14)16-2/h3-10H2,1-2H3. The monoisotopic (exact) mass is 294 g/mol. The van der Waals surface area contributed by atoms with Crippen LogP contribution in [0.2, 0.25) is 0 Å². The van der Waals surface area contributed by atoms with Crippen LogP contribution in [0.5, 0.6) is 0 Å². The lowest BCUT2D eigenvalue weighted by Crippen LogP contribution is -2.16. The number of esters is 2. The van der Waals surface area contributed by atoms with Crippen molar-refractivity contribution < 1.29 is 38.0 Å². The van der Waals surface area contributed by atoms with E-state index < -0.39 is 11.9 Å². The molecule has 0 atom stereocenters. The number of hydrogen-bond acceptors (Lipinski definition) is 8. The maximum Gasteiger partial charge on any atom is 0.331 e. The Morgan fingerprint density at radius 2 is 0.900 bits per heavy atom. The van der Waals surface area contributed by atoms with Gasteiger partial charge in [0.15, 0.2) is 0 Å². The van der Waals surface area contributed by atoms with E-state index in [1.165, 1.54) is 14.2 Å². The fourth-order valence-corrected chi connectivity index (χ4v) is 0.987. The smallest absolute Gasteiger partial charge is 0.331 e. The molecule has 0 unspecified atom stereocenters. The van der Waals surface area contributed by atoms with Crippen molar-refractivity contribution in [3.63, 3.8) is 0 Å². The SMILES string of the molecule is COC(=O)COCCOCCOCCOCC(=O)OC. The lowest BCUT2D eigenvalue weighted by molar-refractivity contribution is -0.147. The second-order valence-corrected chi connectivity index (χ2v) is 3.48. The van der Waals surface area contributed by atoms with Gasteiger partial charge in [0.05, 0.1) is 53.9 Å². The Bertz CT molecular complexity index is 230. The molecule has 0 saturated carbocycles. The van der Waals surface area contributed by atoms with Crippen LogP contribution in [-0.2, 0) is 38.0 Å². The van der Waals surface area contributed by atoms with E-state index in [1.807, 2.05) is 0 Å². The Morgan fingerprint density at radius 1 is 0.600 bits per heavy atom. The van der Waals surface area contributed by atoms with Gasteiger partial charge in [0.1, 0.15) is 13.2 Å². The molecule has 0 radical (unpaired) electrons. The molecular formula is C12H22O8. The first kappa shape index (κ1) is 18.8. The third-order valence-electron chi connectivity index (χ3n) is 2.01. The molecule has 0 aliphatic heterocycles. The van der Waals surface area contributed by atoms with Gasteiger partial charge < -0.3 is 28.4 Å². The number of carbonyl (C=O) groups excluding carboxylic acids is 2. The molecule has 0 aromatic rings. The van der Waals surface area contributed by atoms with Crippen LogP contribution >= 0.6 is 0 Å². The van der Waals surface area contributed by atoms with Crippen molar-refractivity contribution >= 4 is 11.9 Å². The van der Waals surface area contributed by atoms with Crippen LogP contribution in [0.25, 0.3) is 0 Å². The maximum absolute atomic E-state index is 10.7. The fourth-order valence-electron chi connectivity index (χ4n) is 0.987. The third kappa shape index (κ3) is 13.2. The van der Waals surface area contributed by atoms with Gasteiger partial charge in [-0.15, -0.1) is 0 Å². The first-order valence-corrected chi connectivity index (χ1v) is 6.15. The van der Waals surface area contributed by atoms with Crippen molar-refractivity contribution in [3.8, 4) is 0 Å². The van der Waals surface area contributed by atoms with Crippen molar-refractivity contribution in [1.82, 2.24) is 0 Å². The molecule has 0 aromatic carbocycles. The van der Waals surface area contributed by atoms with Gasteiger partial charge in [-0.25, -0.2) is 9.59 Å². The van der Waals surface area contributed by atoms with Crippen molar-refractivity contribution in [3.05, 3.63) is 0 Å². The molecule has 0 aliphatic carbocycles. The summed E-state index contributed by atoms with van der Waals surface area (Å²) in [4.78, 5) is 21.4. The Labute approximate surface area is 118 Å². The van der Waals surface area contributed by atoms with Crippen LogP contribution in [0.15, 0.2) is 0 Å². The van der Waals surface area contributed by atoms with Crippen LogP contribution in [0.4, 0.5) is 0 Å². The van der Waals surface area contributed by atoms with Gasteiger partial charge >= 0.3 is 11.9 Å². The molecule has 0 bridgehead atoms. The summed E-state index contributed by atoms with van der Waals surface area (Å²) in [7, 11) is 2.60. The second-order valence-electron chi connectivity index (χ2n) is 3.48. The van der Waals surface area contributed by atoms with Crippen LogP contribution in [0, 0.1) is 0 Å². The fraction of sp³-hybridized carbons (Fsp3) is 0.833. The van der Waals surface area contributed by atoms with E-state index in [0.717, 1.165) is 0 Å².